The van der Waals surface area contributed by atoms with E-state index in [0.717, 1.165) is 40.1 Å². The van der Waals surface area contributed by atoms with Gasteiger partial charge in [0, 0.05) is 43.1 Å². The number of carbonyl (C=O) groups is 4. The summed E-state index contributed by atoms with van der Waals surface area (Å²) in [6.45, 7) is 6.49. The van der Waals surface area contributed by atoms with E-state index in [2.05, 4.69) is 46.6 Å². The fourth-order valence-electron chi connectivity index (χ4n) is 6.97. The normalized spacial score (nSPS) is 17.8. The summed E-state index contributed by atoms with van der Waals surface area (Å²) >= 11 is 0. The molecule has 4 aromatic rings. The van der Waals surface area contributed by atoms with Gasteiger partial charge in [-0.15, -0.1) is 0 Å². The summed E-state index contributed by atoms with van der Waals surface area (Å²) in [7, 11) is 0. The predicted molar refractivity (Wildman–Crippen MR) is 204 cm³/mol. The number of amides is 2. The van der Waals surface area contributed by atoms with Gasteiger partial charge in [0.05, 0.1) is 13.0 Å². The molecule has 6 rings (SSSR count). The maximum atomic E-state index is 14.1. The van der Waals surface area contributed by atoms with Crippen molar-refractivity contribution >= 4 is 45.9 Å². The van der Waals surface area contributed by atoms with Crippen molar-refractivity contribution < 1.29 is 34.1 Å². The van der Waals surface area contributed by atoms with Gasteiger partial charge in [-0.2, -0.15) is 0 Å². The van der Waals surface area contributed by atoms with Gasteiger partial charge >= 0.3 is 11.9 Å². The molecule has 0 bridgehead atoms. The first-order chi connectivity index (χ1) is 25.6. The molecule has 0 aliphatic carbocycles. The first-order valence-electron chi connectivity index (χ1n) is 18.0. The molecule has 274 valence electrons. The van der Waals surface area contributed by atoms with Gasteiger partial charge in [-0.3, -0.25) is 14.4 Å². The van der Waals surface area contributed by atoms with Crippen LogP contribution in [0.5, 0.6) is 5.75 Å². The first-order valence-corrected chi connectivity index (χ1v) is 18.0. The molecule has 0 saturated carbocycles. The molecule has 53 heavy (non-hydrogen) atoms. The van der Waals surface area contributed by atoms with E-state index in [1.165, 1.54) is 5.56 Å². The van der Waals surface area contributed by atoms with Crippen LogP contribution in [0.25, 0.3) is 10.8 Å². The van der Waals surface area contributed by atoms with Crippen LogP contribution in [0, 0.1) is 6.92 Å². The molecule has 1 unspecified atom stereocenters. The van der Waals surface area contributed by atoms with Crippen molar-refractivity contribution in [3.8, 4) is 5.75 Å². The fraction of sp³-hybridized carbons (Fsp3) is 0.310. The van der Waals surface area contributed by atoms with Crippen molar-refractivity contribution in [1.82, 2.24) is 10.2 Å². The van der Waals surface area contributed by atoms with Crippen LogP contribution in [0.3, 0.4) is 0 Å². The zero-order chi connectivity index (χ0) is 37.5. The van der Waals surface area contributed by atoms with Gasteiger partial charge in [0.25, 0.3) is 11.8 Å². The molecule has 3 N–H and O–H groups in total. The summed E-state index contributed by atoms with van der Waals surface area (Å²) < 4.78 is 5.79. The van der Waals surface area contributed by atoms with Crippen LogP contribution in [-0.2, 0) is 14.4 Å². The molecule has 11 heteroatoms. The number of carboxylic acid groups (broad SMARTS) is 2. The Bertz CT molecular complexity index is 2070. The third-order valence-electron chi connectivity index (χ3n) is 9.80. The fourth-order valence-corrected chi connectivity index (χ4v) is 6.97. The molecule has 4 aromatic carbocycles. The smallest absolute Gasteiger partial charge is 0.326 e. The van der Waals surface area contributed by atoms with E-state index in [4.69, 9.17) is 14.8 Å². The van der Waals surface area contributed by atoms with Crippen molar-refractivity contribution in [3.63, 3.8) is 0 Å². The summed E-state index contributed by atoms with van der Waals surface area (Å²) in [6.07, 6.45) is 3.45. The molecule has 2 aliphatic heterocycles. The second kappa shape index (κ2) is 16.6. The summed E-state index contributed by atoms with van der Waals surface area (Å²) in [5.74, 6) is -2.51. The minimum absolute atomic E-state index is 0.122. The second-order valence-electron chi connectivity index (χ2n) is 13.5. The SMILES string of the molecule is CCOc1cccc([C@H]2CC/C=C(/C(=O)N3CCN(c4cc(C(=O)NC(CC(=O)O)C(=O)O)c5ccccc5c4)CC3)N=C(c3ccc(C)cc3)C2)c1. The van der Waals surface area contributed by atoms with E-state index < -0.39 is 30.3 Å². The summed E-state index contributed by atoms with van der Waals surface area (Å²) in [5.41, 5.74) is 5.61. The number of rotatable bonds is 11. The number of aryl methyl sites for hydroxylation is 1. The number of ether oxygens (including phenoxy) is 1. The molecular weight excluding hydrogens is 672 g/mol. The number of nitrogens with zero attached hydrogens (tertiary/aromatic N) is 3. The minimum atomic E-state index is -1.58. The van der Waals surface area contributed by atoms with Gasteiger partial charge in [-0.25, -0.2) is 9.79 Å². The number of hydrogen-bond donors (Lipinski definition) is 3. The largest absolute Gasteiger partial charge is 0.494 e. The highest BCUT2D eigenvalue weighted by atomic mass is 16.5. The monoisotopic (exact) mass is 716 g/mol. The number of carbonyl (C=O) groups excluding carboxylic acids is 2. The van der Waals surface area contributed by atoms with Gasteiger partial charge in [-0.05, 0) is 85.2 Å². The predicted octanol–water partition coefficient (Wildman–Crippen LogP) is 6.19. The Morgan fingerprint density at radius 2 is 1.68 bits per heavy atom. The van der Waals surface area contributed by atoms with Crippen LogP contribution in [-0.4, -0.2) is 83.4 Å². The molecule has 2 amide bonds. The van der Waals surface area contributed by atoms with Crippen molar-refractivity contribution in [2.24, 2.45) is 4.99 Å². The zero-order valence-electron chi connectivity index (χ0n) is 30.0. The Kier molecular flexibility index (Phi) is 11.5. The van der Waals surface area contributed by atoms with Gasteiger partial charge in [0.15, 0.2) is 0 Å². The number of carboxylic acids is 2. The van der Waals surface area contributed by atoms with Crippen LogP contribution in [0.1, 0.15) is 65.6 Å². The van der Waals surface area contributed by atoms with Gasteiger partial charge in [0.2, 0.25) is 0 Å². The number of fused-ring (bicyclic) bond motifs is 1. The van der Waals surface area contributed by atoms with E-state index in [9.17, 15) is 24.3 Å². The van der Waals surface area contributed by atoms with Crippen LogP contribution < -0.4 is 15.0 Å². The lowest BCUT2D eigenvalue weighted by molar-refractivity contribution is -0.145. The van der Waals surface area contributed by atoms with E-state index in [1.807, 2.05) is 55.2 Å². The van der Waals surface area contributed by atoms with Gasteiger partial charge in [0.1, 0.15) is 17.5 Å². The Balaban J connectivity index is 1.20. The van der Waals surface area contributed by atoms with Crippen LogP contribution in [0.15, 0.2) is 102 Å². The molecule has 1 saturated heterocycles. The van der Waals surface area contributed by atoms with Crippen molar-refractivity contribution in [2.75, 3.05) is 37.7 Å². The Hall–Kier alpha value is -5.97. The molecule has 0 aromatic heterocycles. The zero-order valence-corrected chi connectivity index (χ0v) is 30.0. The average molecular weight is 717 g/mol. The number of piperazine rings is 1. The third kappa shape index (κ3) is 8.92. The molecule has 0 spiro atoms. The molecule has 2 aliphatic rings. The first kappa shape index (κ1) is 36.8. The van der Waals surface area contributed by atoms with Crippen LogP contribution in [0.4, 0.5) is 5.69 Å². The standard InChI is InChI=1S/C42H44N4O7/c1-3-53-33-11-6-9-29(23-33)30-10-7-13-36(43-37(24-30)28-16-14-27(2)15-17-28)41(50)46-20-18-45(19-21-46)32-22-31-8-4-5-12-34(31)35(25-32)40(49)44-38(42(51)52)26-39(47)48/h4-6,8-9,11-17,22-23,25,30,38H,3,7,10,18-21,24,26H2,1-2H3,(H,44,49)(H,47,48)(H,51,52)/b36-13-,43-37?/t30-,38?/m0/s1. The molecule has 2 heterocycles. The maximum Gasteiger partial charge on any atom is 0.326 e. The number of allylic oxidation sites excluding steroid dienone is 1. The molecule has 2 atom stereocenters. The highest BCUT2D eigenvalue weighted by Crippen LogP contribution is 2.33. The highest BCUT2D eigenvalue weighted by Gasteiger charge is 2.28. The lowest BCUT2D eigenvalue weighted by atomic mass is 9.86. The number of hydrogen-bond acceptors (Lipinski definition) is 7. The summed E-state index contributed by atoms with van der Waals surface area (Å²) in [5, 5.41) is 22.4. The number of aliphatic carboxylic acids is 2. The van der Waals surface area contributed by atoms with Crippen LogP contribution >= 0.6 is 0 Å². The van der Waals surface area contributed by atoms with Crippen LogP contribution in [0.2, 0.25) is 0 Å². The molecule has 1 fully saturated rings. The maximum absolute atomic E-state index is 14.1. The molecule has 11 nitrogen and oxygen atoms in total. The Labute approximate surface area is 308 Å². The van der Waals surface area contributed by atoms with E-state index in [1.54, 1.807) is 18.2 Å². The molecular formula is C42H44N4O7. The van der Waals surface area contributed by atoms with Crippen molar-refractivity contribution in [3.05, 3.63) is 119 Å². The van der Waals surface area contributed by atoms with E-state index >= 15 is 0 Å². The van der Waals surface area contributed by atoms with E-state index in [0.29, 0.717) is 56.7 Å². The third-order valence-corrected chi connectivity index (χ3v) is 9.80. The summed E-state index contributed by atoms with van der Waals surface area (Å²) in [6, 6.07) is 25.9. The lowest BCUT2D eigenvalue weighted by Crippen LogP contribution is -2.49. The lowest BCUT2D eigenvalue weighted by Gasteiger charge is -2.36. The number of aliphatic imine (C=N–C) groups is 1. The number of anilines is 1. The highest BCUT2D eigenvalue weighted by molar-refractivity contribution is 6.09. The Morgan fingerprint density at radius 3 is 2.40 bits per heavy atom. The van der Waals surface area contributed by atoms with Gasteiger partial charge < -0.3 is 30.1 Å². The van der Waals surface area contributed by atoms with Crippen molar-refractivity contribution in [1.29, 1.82) is 0 Å². The quantitative estimate of drug-likeness (QED) is 0.166. The minimum Gasteiger partial charge on any atom is -0.494 e. The van der Waals surface area contributed by atoms with Gasteiger partial charge in [-0.1, -0.05) is 72.3 Å². The number of nitrogens with one attached hydrogen (secondary N) is 1. The Morgan fingerprint density at radius 1 is 0.925 bits per heavy atom. The second-order valence-corrected chi connectivity index (χ2v) is 13.5. The van der Waals surface area contributed by atoms with E-state index in [-0.39, 0.29) is 17.4 Å². The topological polar surface area (TPSA) is 149 Å². The average Bonchev–Trinajstić information content (AvgIpc) is 3.14. The van der Waals surface area contributed by atoms with Crippen molar-refractivity contribution in [2.45, 2.75) is 51.5 Å². The molecule has 0 radical (unpaired) electrons. The summed E-state index contributed by atoms with van der Waals surface area (Å²) in [4.78, 5) is 59.4. The number of benzene rings is 4.